The summed E-state index contributed by atoms with van der Waals surface area (Å²) in [6.07, 6.45) is 4.09. The van der Waals surface area contributed by atoms with Crippen LogP contribution in [0.5, 0.6) is 0 Å². The molecule has 0 unspecified atom stereocenters. The first-order valence-corrected chi connectivity index (χ1v) is 7.44. The molecule has 0 amide bonds. The third-order valence-electron chi connectivity index (χ3n) is 3.09. The highest BCUT2D eigenvalue weighted by molar-refractivity contribution is 6.31. The Bertz CT molecular complexity index is 721. The average Bonchev–Trinajstić information content (AvgIpc) is 2.98. The van der Waals surface area contributed by atoms with Crippen molar-refractivity contribution in [2.24, 2.45) is 0 Å². The normalized spacial score (nSPS) is 10.6. The van der Waals surface area contributed by atoms with Gasteiger partial charge in [-0.25, -0.2) is 0 Å². The molecule has 0 aliphatic heterocycles. The number of nitrogens with one attached hydrogen (secondary N) is 1. The van der Waals surface area contributed by atoms with Crippen molar-refractivity contribution in [1.82, 2.24) is 19.5 Å². The number of aromatic nitrogens is 4. The summed E-state index contributed by atoms with van der Waals surface area (Å²) in [5, 5.41) is 3.22. The Morgan fingerprint density at radius 1 is 0.864 bits per heavy atom. The molecule has 0 fully saturated rings. The fourth-order valence-corrected chi connectivity index (χ4v) is 2.40. The highest BCUT2D eigenvalue weighted by Crippen LogP contribution is 2.12. The van der Waals surface area contributed by atoms with Crippen molar-refractivity contribution < 1.29 is 0 Å². The molecular weight excluding hydrogens is 321 g/mol. The van der Waals surface area contributed by atoms with Crippen LogP contribution in [0.4, 0.5) is 5.95 Å². The lowest BCUT2D eigenvalue weighted by molar-refractivity contribution is 0.805. The predicted octanol–water partition coefficient (Wildman–Crippen LogP) is 3.64. The molecule has 0 spiro atoms. The fraction of sp³-hybridized carbons (Fsp3) is 0.133. The third kappa shape index (κ3) is 3.96. The molecule has 7 heteroatoms. The lowest BCUT2D eigenvalue weighted by Gasteiger charge is -2.07. The van der Waals surface area contributed by atoms with Crippen molar-refractivity contribution in [3.63, 3.8) is 0 Å². The van der Waals surface area contributed by atoms with Crippen LogP contribution in [0.15, 0.2) is 48.8 Å². The van der Waals surface area contributed by atoms with E-state index in [0.717, 1.165) is 12.1 Å². The van der Waals surface area contributed by atoms with Gasteiger partial charge in [0.15, 0.2) is 0 Å². The van der Waals surface area contributed by atoms with Crippen molar-refractivity contribution in [3.05, 3.63) is 70.5 Å². The van der Waals surface area contributed by atoms with Gasteiger partial charge in [0, 0.05) is 25.5 Å². The molecule has 22 heavy (non-hydrogen) atoms. The van der Waals surface area contributed by atoms with Crippen LogP contribution in [0.1, 0.15) is 11.1 Å². The molecule has 3 rings (SSSR count). The van der Waals surface area contributed by atoms with E-state index >= 15 is 0 Å². The maximum atomic E-state index is 5.73. The number of benzene rings is 1. The Balaban J connectivity index is 1.61. The van der Waals surface area contributed by atoms with E-state index in [9.17, 15) is 0 Å². The molecule has 0 saturated heterocycles. The maximum absolute atomic E-state index is 5.73. The highest BCUT2D eigenvalue weighted by Gasteiger charge is 2.03. The number of anilines is 1. The quantitative estimate of drug-likeness (QED) is 0.774. The van der Waals surface area contributed by atoms with E-state index in [-0.39, 0.29) is 10.6 Å². The zero-order valence-electron chi connectivity index (χ0n) is 11.6. The second kappa shape index (κ2) is 6.77. The minimum absolute atomic E-state index is 0.0737. The number of halogens is 2. The van der Waals surface area contributed by atoms with E-state index in [4.69, 9.17) is 23.2 Å². The zero-order chi connectivity index (χ0) is 15.4. The van der Waals surface area contributed by atoms with Crippen molar-refractivity contribution >= 4 is 29.2 Å². The summed E-state index contributed by atoms with van der Waals surface area (Å²) in [6.45, 7) is 1.44. The molecule has 2 heterocycles. The van der Waals surface area contributed by atoms with Crippen LogP contribution in [-0.4, -0.2) is 19.5 Å². The van der Waals surface area contributed by atoms with Gasteiger partial charge in [0.2, 0.25) is 16.5 Å². The van der Waals surface area contributed by atoms with Crippen molar-refractivity contribution in [1.29, 1.82) is 0 Å². The first-order valence-electron chi connectivity index (χ1n) is 6.68. The second-order valence-electron chi connectivity index (χ2n) is 4.72. The van der Waals surface area contributed by atoms with Gasteiger partial charge in [0.1, 0.15) is 0 Å². The van der Waals surface area contributed by atoms with E-state index in [2.05, 4.69) is 49.1 Å². The number of rotatable bonds is 5. The van der Waals surface area contributed by atoms with E-state index in [1.54, 1.807) is 0 Å². The molecule has 3 aromatic rings. The average molecular weight is 334 g/mol. The van der Waals surface area contributed by atoms with Gasteiger partial charge in [0.05, 0.1) is 0 Å². The molecule has 0 radical (unpaired) electrons. The van der Waals surface area contributed by atoms with E-state index in [0.29, 0.717) is 12.5 Å². The topological polar surface area (TPSA) is 55.6 Å². The van der Waals surface area contributed by atoms with Gasteiger partial charge in [-0.05, 0) is 46.5 Å². The highest BCUT2D eigenvalue weighted by atomic mass is 35.5. The van der Waals surface area contributed by atoms with Crippen LogP contribution in [0.2, 0.25) is 10.6 Å². The van der Waals surface area contributed by atoms with Crippen LogP contribution in [0.3, 0.4) is 0 Å². The fourth-order valence-electron chi connectivity index (χ4n) is 2.04. The van der Waals surface area contributed by atoms with Gasteiger partial charge in [0.25, 0.3) is 0 Å². The Morgan fingerprint density at radius 3 is 2.09 bits per heavy atom. The number of nitrogens with zero attached hydrogens (tertiary/aromatic N) is 4. The Hall–Kier alpha value is -2.11. The second-order valence-corrected chi connectivity index (χ2v) is 5.40. The summed E-state index contributed by atoms with van der Waals surface area (Å²) in [5.74, 6) is 0.362. The monoisotopic (exact) mass is 333 g/mol. The summed E-state index contributed by atoms with van der Waals surface area (Å²) in [6, 6.07) is 12.4. The van der Waals surface area contributed by atoms with Crippen molar-refractivity contribution in [3.8, 4) is 0 Å². The van der Waals surface area contributed by atoms with Gasteiger partial charge in [-0.2, -0.15) is 15.0 Å². The molecule has 1 aromatic carbocycles. The Labute approximate surface area is 138 Å². The van der Waals surface area contributed by atoms with Crippen LogP contribution >= 0.6 is 23.2 Å². The summed E-state index contributed by atoms with van der Waals surface area (Å²) < 4.78 is 2.13. The van der Waals surface area contributed by atoms with E-state index in [1.807, 2.05) is 24.5 Å². The first kappa shape index (κ1) is 14.8. The smallest absolute Gasteiger partial charge is 0.228 e. The molecule has 0 bridgehead atoms. The lowest BCUT2D eigenvalue weighted by Crippen LogP contribution is -2.05. The summed E-state index contributed by atoms with van der Waals surface area (Å²) in [4.78, 5) is 11.6. The minimum Gasteiger partial charge on any atom is -0.350 e. The summed E-state index contributed by atoms with van der Waals surface area (Å²) in [5.41, 5.74) is 2.36. The number of hydrogen-bond donors (Lipinski definition) is 1. The van der Waals surface area contributed by atoms with E-state index < -0.39 is 0 Å². The SMILES string of the molecule is Clc1nc(Cl)nc(NCc2ccc(Cn3cccc3)cc2)n1. The van der Waals surface area contributed by atoms with E-state index in [1.165, 1.54) is 5.56 Å². The lowest BCUT2D eigenvalue weighted by atomic mass is 10.1. The van der Waals surface area contributed by atoms with Gasteiger partial charge in [-0.3, -0.25) is 0 Å². The molecule has 112 valence electrons. The van der Waals surface area contributed by atoms with Crippen molar-refractivity contribution in [2.45, 2.75) is 13.1 Å². The molecule has 2 aromatic heterocycles. The molecule has 0 saturated carbocycles. The maximum Gasteiger partial charge on any atom is 0.228 e. The molecule has 0 aliphatic rings. The Kier molecular flexibility index (Phi) is 4.56. The van der Waals surface area contributed by atoms with Gasteiger partial charge < -0.3 is 9.88 Å². The number of hydrogen-bond acceptors (Lipinski definition) is 4. The largest absolute Gasteiger partial charge is 0.350 e. The minimum atomic E-state index is 0.0737. The van der Waals surface area contributed by atoms with Gasteiger partial charge in [-0.15, -0.1) is 0 Å². The summed E-state index contributed by atoms with van der Waals surface area (Å²) in [7, 11) is 0. The predicted molar refractivity (Wildman–Crippen MR) is 87.1 cm³/mol. The zero-order valence-corrected chi connectivity index (χ0v) is 13.1. The summed E-state index contributed by atoms with van der Waals surface area (Å²) >= 11 is 11.5. The van der Waals surface area contributed by atoms with Crippen LogP contribution in [0.25, 0.3) is 0 Å². The van der Waals surface area contributed by atoms with Crippen LogP contribution < -0.4 is 5.32 Å². The Morgan fingerprint density at radius 2 is 1.45 bits per heavy atom. The standard InChI is InChI=1S/C15H13Cl2N5/c16-13-19-14(17)21-15(20-13)18-9-11-3-5-12(6-4-11)10-22-7-1-2-8-22/h1-8H,9-10H2,(H,18,19,20,21). The molecule has 0 atom stereocenters. The van der Waals surface area contributed by atoms with Crippen LogP contribution in [-0.2, 0) is 13.1 Å². The van der Waals surface area contributed by atoms with Gasteiger partial charge in [-0.1, -0.05) is 24.3 Å². The molecule has 0 aliphatic carbocycles. The first-order chi connectivity index (χ1) is 10.7. The van der Waals surface area contributed by atoms with Gasteiger partial charge >= 0.3 is 0 Å². The third-order valence-corrected chi connectivity index (χ3v) is 3.42. The molecule has 1 N–H and O–H groups in total. The molecular formula is C15H13Cl2N5. The molecule has 5 nitrogen and oxygen atoms in total. The van der Waals surface area contributed by atoms with Crippen molar-refractivity contribution in [2.75, 3.05) is 5.32 Å². The van der Waals surface area contributed by atoms with Crippen LogP contribution in [0, 0.1) is 0 Å².